The van der Waals surface area contributed by atoms with Gasteiger partial charge in [0.25, 0.3) is 0 Å². The number of hydrogen-bond acceptors (Lipinski definition) is 1. The van der Waals surface area contributed by atoms with E-state index < -0.39 is 0 Å². The molecule has 0 aromatic heterocycles. The van der Waals surface area contributed by atoms with E-state index in [4.69, 9.17) is 0 Å². The predicted octanol–water partition coefficient (Wildman–Crippen LogP) is 2.81. The third kappa shape index (κ3) is 9.43. The first-order valence-electron chi connectivity index (χ1n) is 5.10. The molecule has 13 heavy (non-hydrogen) atoms. The Kier molecular flexibility index (Phi) is 5.82. The molecular formula is C12H23N. The molecule has 0 rings (SSSR count). The van der Waals surface area contributed by atoms with Crippen molar-refractivity contribution in [1.29, 1.82) is 0 Å². The summed E-state index contributed by atoms with van der Waals surface area (Å²) in [6.07, 6.45) is 2.23. The predicted molar refractivity (Wildman–Crippen MR) is 59.6 cm³/mol. The van der Waals surface area contributed by atoms with Gasteiger partial charge in [-0.2, -0.15) is 0 Å². The van der Waals surface area contributed by atoms with E-state index in [9.17, 15) is 0 Å². The van der Waals surface area contributed by atoms with Crippen LogP contribution in [0.15, 0.2) is 0 Å². The zero-order valence-electron chi connectivity index (χ0n) is 9.70. The van der Waals surface area contributed by atoms with Crippen LogP contribution in [0.4, 0.5) is 0 Å². The summed E-state index contributed by atoms with van der Waals surface area (Å²) >= 11 is 0. The van der Waals surface area contributed by atoms with E-state index >= 15 is 0 Å². The van der Waals surface area contributed by atoms with Gasteiger partial charge in [-0.25, -0.2) is 0 Å². The molecule has 0 aromatic rings. The van der Waals surface area contributed by atoms with Gasteiger partial charge in [0.2, 0.25) is 0 Å². The quantitative estimate of drug-likeness (QED) is 0.658. The molecule has 0 amide bonds. The van der Waals surface area contributed by atoms with Crippen molar-refractivity contribution in [2.45, 2.75) is 53.0 Å². The Balaban J connectivity index is 3.49. The fraction of sp³-hybridized carbons (Fsp3) is 0.833. The first kappa shape index (κ1) is 12.5. The van der Waals surface area contributed by atoms with Crippen molar-refractivity contribution >= 4 is 0 Å². The summed E-state index contributed by atoms with van der Waals surface area (Å²) in [5, 5.41) is 3.50. The van der Waals surface area contributed by atoms with Gasteiger partial charge >= 0.3 is 0 Å². The van der Waals surface area contributed by atoms with Gasteiger partial charge in [-0.15, -0.1) is 11.8 Å². The maximum absolute atomic E-state index is 3.50. The number of nitrogens with one attached hydrogen (secondary N) is 1. The van der Waals surface area contributed by atoms with Crippen molar-refractivity contribution in [3.05, 3.63) is 0 Å². The summed E-state index contributed by atoms with van der Waals surface area (Å²) in [7, 11) is 0. The van der Waals surface area contributed by atoms with E-state index in [1.165, 1.54) is 6.42 Å². The third-order valence-electron chi connectivity index (χ3n) is 1.92. The van der Waals surface area contributed by atoms with Crippen LogP contribution >= 0.6 is 0 Å². The zero-order valence-corrected chi connectivity index (χ0v) is 9.70. The van der Waals surface area contributed by atoms with Gasteiger partial charge in [0, 0.05) is 12.0 Å². The molecule has 0 aliphatic carbocycles. The average Bonchev–Trinajstić information content (AvgIpc) is 2.00. The lowest BCUT2D eigenvalue weighted by Crippen LogP contribution is -2.38. The van der Waals surface area contributed by atoms with Gasteiger partial charge in [0.05, 0.1) is 0 Å². The molecule has 0 aliphatic heterocycles. The molecule has 1 atom stereocenters. The second-order valence-corrected chi connectivity index (χ2v) is 4.70. The van der Waals surface area contributed by atoms with Crippen LogP contribution in [0.25, 0.3) is 0 Å². The van der Waals surface area contributed by atoms with Gasteiger partial charge in [-0.1, -0.05) is 6.92 Å². The molecule has 0 aliphatic rings. The average molecular weight is 181 g/mol. The van der Waals surface area contributed by atoms with Crippen LogP contribution in [0.3, 0.4) is 0 Å². The summed E-state index contributed by atoms with van der Waals surface area (Å²) in [6.45, 7) is 11.9. The van der Waals surface area contributed by atoms with E-state index in [-0.39, 0.29) is 5.54 Å². The summed E-state index contributed by atoms with van der Waals surface area (Å²) in [6, 6.07) is 0. The lowest BCUT2D eigenvalue weighted by atomic mass is 10.0. The smallest absolute Gasteiger partial charge is 0.00966 e. The Labute approximate surface area is 83.3 Å². The molecule has 0 spiro atoms. The lowest BCUT2D eigenvalue weighted by Gasteiger charge is -2.23. The summed E-state index contributed by atoms with van der Waals surface area (Å²) in [4.78, 5) is 0. The molecule has 1 nitrogen and oxygen atoms in total. The van der Waals surface area contributed by atoms with Gasteiger partial charge < -0.3 is 5.32 Å². The Hall–Kier alpha value is -0.480. The summed E-state index contributed by atoms with van der Waals surface area (Å²) in [5.74, 6) is 6.75. The normalized spacial score (nSPS) is 13.3. The molecule has 0 bridgehead atoms. The summed E-state index contributed by atoms with van der Waals surface area (Å²) in [5.41, 5.74) is 0.241. The number of rotatable bonds is 4. The van der Waals surface area contributed by atoms with Crippen molar-refractivity contribution in [1.82, 2.24) is 5.32 Å². The molecule has 1 heteroatoms. The largest absolute Gasteiger partial charge is 0.312 e. The maximum atomic E-state index is 3.50. The van der Waals surface area contributed by atoms with Gasteiger partial charge in [0.15, 0.2) is 0 Å². The second-order valence-electron chi connectivity index (χ2n) is 4.70. The molecule has 0 saturated carbocycles. The molecule has 1 unspecified atom stereocenters. The van der Waals surface area contributed by atoms with Crippen molar-refractivity contribution in [2.75, 3.05) is 6.54 Å². The van der Waals surface area contributed by atoms with Crippen LogP contribution in [0, 0.1) is 17.8 Å². The Morgan fingerprint density at radius 1 is 1.31 bits per heavy atom. The fourth-order valence-corrected chi connectivity index (χ4v) is 1.03. The van der Waals surface area contributed by atoms with Gasteiger partial charge in [-0.3, -0.25) is 0 Å². The van der Waals surface area contributed by atoms with Crippen LogP contribution in [0.5, 0.6) is 0 Å². The monoisotopic (exact) mass is 181 g/mol. The Bertz CT molecular complexity index is 178. The Morgan fingerprint density at radius 2 is 1.92 bits per heavy atom. The molecule has 0 saturated heterocycles. The first-order valence-corrected chi connectivity index (χ1v) is 5.10. The van der Waals surface area contributed by atoms with E-state index in [2.05, 4.69) is 44.9 Å². The van der Waals surface area contributed by atoms with Crippen LogP contribution in [-0.2, 0) is 0 Å². The van der Waals surface area contributed by atoms with E-state index in [0.717, 1.165) is 18.9 Å². The van der Waals surface area contributed by atoms with Gasteiger partial charge in [-0.05, 0) is 46.6 Å². The van der Waals surface area contributed by atoms with Crippen LogP contribution in [-0.4, -0.2) is 12.1 Å². The fourth-order valence-electron chi connectivity index (χ4n) is 1.03. The molecule has 0 aromatic carbocycles. The highest BCUT2D eigenvalue weighted by molar-refractivity contribution is 4.94. The van der Waals surface area contributed by atoms with Crippen LogP contribution < -0.4 is 5.32 Å². The molecule has 0 heterocycles. The van der Waals surface area contributed by atoms with Crippen molar-refractivity contribution < 1.29 is 0 Å². The minimum atomic E-state index is 0.241. The van der Waals surface area contributed by atoms with Crippen LogP contribution in [0.2, 0.25) is 0 Å². The van der Waals surface area contributed by atoms with Gasteiger partial charge in [0.1, 0.15) is 0 Å². The second kappa shape index (κ2) is 6.05. The number of hydrogen-bond donors (Lipinski definition) is 1. The zero-order chi connectivity index (χ0) is 10.3. The highest BCUT2D eigenvalue weighted by Gasteiger charge is 2.10. The first-order chi connectivity index (χ1) is 5.95. The molecule has 0 radical (unpaired) electrons. The minimum Gasteiger partial charge on any atom is -0.312 e. The lowest BCUT2D eigenvalue weighted by molar-refractivity contribution is 0.374. The van der Waals surface area contributed by atoms with E-state index in [1.54, 1.807) is 0 Å². The minimum absolute atomic E-state index is 0.241. The molecule has 76 valence electrons. The SMILES string of the molecule is CC#CCCC(C)CNC(C)(C)C. The van der Waals surface area contributed by atoms with E-state index in [0.29, 0.717) is 0 Å². The highest BCUT2D eigenvalue weighted by atomic mass is 14.9. The van der Waals surface area contributed by atoms with Crippen molar-refractivity contribution in [3.63, 3.8) is 0 Å². The molecule has 0 fully saturated rings. The standard InChI is InChI=1S/C12H23N/c1-6-7-8-9-11(2)10-13-12(3,4)5/h11,13H,8-10H2,1-5H3. The van der Waals surface area contributed by atoms with Crippen molar-refractivity contribution in [2.24, 2.45) is 5.92 Å². The third-order valence-corrected chi connectivity index (χ3v) is 1.92. The van der Waals surface area contributed by atoms with Crippen LogP contribution in [0.1, 0.15) is 47.5 Å². The maximum Gasteiger partial charge on any atom is 0.00966 e. The van der Waals surface area contributed by atoms with E-state index in [1.807, 2.05) is 6.92 Å². The highest BCUT2D eigenvalue weighted by Crippen LogP contribution is 2.06. The summed E-state index contributed by atoms with van der Waals surface area (Å²) < 4.78 is 0. The molecule has 1 N–H and O–H groups in total. The molecular weight excluding hydrogens is 158 g/mol. The Morgan fingerprint density at radius 3 is 2.38 bits per heavy atom. The topological polar surface area (TPSA) is 12.0 Å². The van der Waals surface area contributed by atoms with Crippen molar-refractivity contribution in [3.8, 4) is 11.8 Å².